The smallest absolute Gasteiger partial charge is 0.156 e. The molecule has 0 fully saturated rings. The standard InChI is InChI=1S/C21H21N3O2/c1-13(2)12-26-17-6-4-5-15(11-17)22-21-19-10-14-9-16(25-3)7-8-18(14)20(19)23-24-21/h4-11,13H,12H2,1-3H3,(H,22,24). The zero-order valence-corrected chi connectivity index (χ0v) is 15.1. The van der Waals surface area contributed by atoms with Gasteiger partial charge in [-0.1, -0.05) is 19.9 Å². The Hall–Kier alpha value is -3.08. The van der Waals surface area contributed by atoms with E-state index >= 15 is 0 Å². The topological polar surface area (TPSA) is 55.2 Å². The minimum Gasteiger partial charge on any atom is -0.497 e. The van der Waals surface area contributed by atoms with Crippen LogP contribution in [-0.2, 0) is 0 Å². The minimum atomic E-state index is 0.483. The largest absolute Gasteiger partial charge is 0.497 e. The third-order valence-electron chi connectivity index (χ3n) is 4.24. The van der Waals surface area contributed by atoms with Crippen molar-refractivity contribution in [2.45, 2.75) is 13.8 Å². The molecule has 5 nitrogen and oxygen atoms in total. The number of hydrogen-bond acceptors (Lipinski definition) is 4. The average Bonchev–Trinajstić information content (AvgIpc) is 3.19. The maximum atomic E-state index is 5.79. The molecule has 5 heteroatoms. The van der Waals surface area contributed by atoms with E-state index in [9.17, 15) is 0 Å². The van der Waals surface area contributed by atoms with Gasteiger partial charge in [0.05, 0.1) is 19.4 Å². The molecule has 1 aliphatic heterocycles. The first-order chi connectivity index (χ1) is 12.6. The number of benzene rings is 2. The van der Waals surface area contributed by atoms with E-state index in [-0.39, 0.29) is 0 Å². The van der Waals surface area contributed by atoms with Gasteiger partial charge in [-0.2, -0.15) is 5.10 Å². The second-order valence-corrected chi connectivity index (χ2v) is 6.75. The number of fused-ring (bicyclic) bond motifs is 3. The normalized spacial score (nSPS) is 16.1. The lowest BCUT2D eigenvalue weighted by atomic mass is 10.1. The number of ether oxygens (including phenoxy) is 2. The van der Waals surface area contributed by atoms with Crippen LogP contribution in [0.1, 0.15) is 25.0 Å². The summed E-state index contributed by atoms with van der Waals surface area (Å²) < 4.78 is 11.1. The molecule has 1 aliphatic carbocycles. The fraction of sp³-hybridized carbons (Fsp3) is 0.238. The van der Waals surface area contributed by atoms with Crippen LogP contribution in [0.15, 0.2) is 58.1 Å². The second-order valence-electron chi connectivity index (χ2n) is 6.75. The van der Waals surface area contributed by atoms with Crippen molar-refractivity contribution in [3.05, 3.63) is 59.2 Å². The molecular weight excluding hydrogens is 326 g/mol. The number of hydrazone groups is 1. The van der Waals surface area contributed by atoms with Gasteiger partial charge in [-0.3, -0.25) is 5.43 Å². The van der Waals surface area contributed by atoms with Gasteiger partial charge >= 0.3 is 0 Å². The summed E-state index contributed by atoms with van der Waals surface area (Å²) in [5.74, 6) is 2.89. The maximum absolute atomic E-state index is 5.79. The molecule has 2 aromatic rings. The van der Waals surface area contributed by atoms with Crippen molar-refractivity contribution in [1.29, 1.82) is 0 Å². The Labute approximate surface area is 153 Å². The fourth-order valence-corrected chi connectivity index (χ4v) is 2.96. The summed E-state index contributed by atoms with van der Waals surface area (Å²) in [5.41, 5.74) is 7.99. The molecule has 2 aromatic carbocycles. The number of nitrogens with one attached hydrogen (secondary N) is 1. The summed E-state index contributed by atoms with van der Waals surface area (Å²) in [4.78, 5) is 4.73. The molecule has 0 amide bonds. The minimum absolute atomic E-state index is 0.483. The molecule has 0 aromatic heterocycles. The Morgan fingerprint density at radius 1 is 1.12 bits per heavy atom. The Morgan fingerprint density at radius 3 is 2.81 bits per heavy atom. The number of nitrogens with zero attached hydrogens (tertiary/aromatic N) is 2. The summed E-state index contributed by atoms with van der Waals surface area (Å²) in [5, 5.41) is 4.45. The molecular formula is C21H21N3O2. The van der Waals surface area contributed by atoms with Crippen LogP contribution in [0.3, 0.4) is 0 Å². The van der Waals surface area contributed by atoms with Crippen LogP contribution in [0.4, 0.5) is 5.69 Å². The highest BCUT2D eigenvalue weighted by atomic mass is 16.5. The monoisotopic (exact) mass is 347 g/mol. The van der Waals surface area contributed by atoms with Gasteiger partial charge in [0.1, 0.15) is 17.2 Å². The van der Waals surface area contributed by atoms with E-state index in [4.69, 9.17) is 14.5 Å². The van der Waals surface area contributed by atoms with Gasteiger partial charge in [0.15, 0.2) is 5.84 Å². The maximum Gasteiger partial charge on any atom is 0.156 e. The molecule has 1 N–H and O–H groups in total. The van der Waals surface area contributed by atoms with Crippen LogP contribution in [0, 0.1) is 5.92 Å². The predicted octanol–water partition coefficient (Wildman–Crippen LogP) is 4.16. The molecule has 0 spiro atoms. The highest BCUT2D eigenvalue weighted by molar-refractivity contribution is 6.38. The second kappa shape index (κ2) is 6.67. The summed E-state index contributed by atoms with van der Waals surface area (Å²) in [7, 11) is 1.67. The molecule has 4 rings (SSSR count). The molecule has 0 bridgehead atoms. The third kappa shape index (κ3) is 3.08. The molecule has 26 heavy (non-hydrogen) atoms. The van der Waals surface area contributed by atoms with E-state index in [2.05, 4.69) is 30.5 Å². The summed E-state index contributed by atoms with van der Waals surface area (Å²) >= 11 is 0. The van der Waals surface area contributed by atoms with E-state index in [1.807, 2.05) is 42.5 Å². The average molecular weight is 347 g/mol. The van der Waals surface area contributed by atoms with Gasteiger partial charge in [-0.25, -0.2) is 4.99 Å². The summed E-state index contributed by atoms with van der Waals surface area (Å²) in [6.07, 6.45) is 2.09. The molecule has 132 valence electrons. The Balaban J connectivity index is 1.60. The summed E-state index contributed by atoms with van der Waals surface area (Å²) in [6, 6.07) is 13.8. The van der Waals surface area contributed by atoms with Crippen LogP contribution in [0.25, 0.3) is 6.08 Å². The van der Waals surface area contributed by atoms with Gasteiger partial charge in [-0.05, 0) is 47.9 Å². The highest BCUT2D eigenvalue weighted by Gasteiger charge is 2.29. The number of hydrogen-bond donors (Lipinski definition) is 1. The van der Waals surface area contributed by atoms with Gasteiger partial charge in [0, 0.05) is 17.2 Å². The Bertz CT molecular complexity index is 942. The zero-order valence-electron chi connectivity index (χ0n) is 15.1. The quantitative estimate of drug-likeness (QED) is 0.883. The van der Waals surface area contributed by atoms with E-state index in [1.54, 1.807) is 7.11 Å². The van der Waals surface area contributed by atoms with Gasteiger partial charge in [0.25, 0.3) is 0 Å². The molecule has 0 radical (unpaired) electrons. The van der Waals surface area contributed by atoms with Crippen molar-refractivity contribution in [1.82, 2.24) is 5.43 Å². The summed E-state index contributed by atoms with van der Waals surface area (Å²) in [6.45, 7) is 4.95. The molecule has 0 unspecified atom stereocenters. The fourth-order valence-electron chi connectivity index (χ4n) is 2.96. The van der Waals surface area contributed by atoms with Crippen molar-refractivity contribution in [2.75, 3.05) is 13.7 Å². The van der Waals surface area contributed by atoms with Crippen molar-refractivity contribution in [3.8, 4) is 11.5 Å². The van der Waals surface area contributed by atoms with Crippen LogP contribution in [0.2, 0.25) is 0 Å². The SMILES string of the molecule is COc1ccc2c(c1)C=C1C(=Nc3cccc(OCC(C)C)c3)NN=C12. The van der Waals surface area contributed by atoms with E-state index in [0.717, 1.165) is 45.4 Å². The van der Waals surface area contributed by atoms with Crippen molar-refractivity contribution in [3.63, 3.8) is 0 Å². The van der Waals surface area contributed by atoms with Gasteiger partial charge in [0.2, 0.25) is 0 Å². The molecule has 0 saturated carbocycles. The highest BCUT2D eigenvalue weighted by Crippen LogP contribution is 2.32. The van der Waals surface area contributed by atoms with Gasteiger partial charge < -0.3 is 9.47 Å². The van der Waals surface area contributed by atoms with Crippen molar-refractivity contribution < 1.29 is 9.47 Å². The van der Waals surface area contributed by atoms with Gasteiger partial charge in [-0.15, -0.1) is 0 Å². The lowest BCUT2D eigenvalue weighted by Crippen LogP contribution is -2.12. The molecule has 2 aliphatic rings. The molecule has 0 atom stereocenters. The number of aliphatic imine (C=N–C) groups is 1. The zero-order chi connectivity index (χ0) is 18.1. The Morgan fingerprint density at radius 2 is 2.00 bits per heavy atom. The van der Waals surface area contributed by atoms with Crippen LogP contribution >= 0.6 is 0 Å². The van der Waals surface area contributed by atoms with Crippen LogP contribution in [0.5, 0.6) is 11.5 Å². The Kier molecular flexibility index (Phi) is 4.21. The molecule has 1 heterocycles. The van der Waals surface area contributed by atoms with E-state index < -0.39 is 0 Å². The third-order valence-corrected chi connectivity index (χ3v) is 4.24. The van der Waals surface area contributed by atoms with Crippen molar-refractivity contribution in [2.24, 2.45) is 16.0 Å². The van der Waals surface area contributed by atoms with Crippen LogP contribution in [-0.4, -0.2) is 25.3 Å². The lowest BCUT2D eigenvalue weighted by molar-refractivity contribution is 0.271. The predicted molar refractivity (Wildman–Crippen MR) is 105 cm³/mol. The lowest BCUT2D eigenvalue weighted by Gasteiger charge is -2.09. The first-order valence-electron chi connectivity index (χ1n) is 8.70. The number of amidine groups is 1. The first-order valence-corrected chi connectivity index (χ1v) is 8.70. The van der Waals surface area contributed by atoms with E-state index in [0.29, 0.717) is 12.5 Å². The number of methoxy groups -OCH3 is 1. The molecule has 0 saturated heterocycles. The number of rotatable bonds is 5. The first kappa shape index (κ1) is 16.4. The van der Waals surface area contributed by atoms with Crippen LogP contribution < -0.4 is 14.9 Å². The van der Waals surface area contributed by atoms with Crippen molar-refractivity contribution >= 4 is 23.3 Å². The van der Waals surface area contributed by atoms with E-state index in [1.165, 1.54) is 0 Å².